The number of ether oxygens (including phenoxy) is 1. The van der Waals surface area contributed by atoms with Gasteiger partial charge in [-0.15, -0.1) is 24.0 Å². The highest BCUT2D eigenvalue weighted by Crippen LogP contribution is 2.47. The average Bonchev–Trinajstić information content (AvgIpc) is 2.96. The Morgan fingerprint density at radius 1 is 1.22 bits per heavy atom. The van der Waals surface area contributed by atoms with E-state index in [1.165, 1.54) is 43.4 Å². The van der Waals surface area contributed by atoms with Crippen LogP contribution in [0, 0.1) is 5.41 Å². The number of benzene rings is 1. The molecule has 5 heteroatoms. The summed E-state index contributed by atoms with van der Waals surface area (Å²) in [5, 5.41) is 3.51. The molecule has 4 nitrogen and oxygen atoms in total. The van der Waals surface area contributed by atoms with Crippen LogP contribution in [0.1, 0.15) is 36.8 Å². The summed E-state index contributed by atoms with van der Waals surface area (Å²) in [4.78, 5) is 6.90. The van der Waals surface area contributed by atoms with Crippen molar-refractivity contribution in [2.75, 3.05) is 27.2 Å². The first-order valence-electron chi connectivity index (χ1n) is 8.27. The van der Waals surface area contributed by atoms with Crippen molar-refractivity contribution in [1.82, 2.24) is 10.2 Å². The van der Waals surface area contributed by atoms with E-state index in [2.05, 4.69) is 39.5 Å². The minimum Gasteiger partial charge on any atom is -0.380 e. The zero-order chi connectivity index (χ0) is 15.4. The molecule has 2 fully saturated rings. The third-order valence-corrected chi connectivity index (χ3v) is 5.15. The van der Waals surface area contributed by atoms with E-state index < -0.39 is 0 Å². The Kier molecular flexibility index (Phi) is 6.71. The predicted molar refractivity (Wildman–Crippen MR) is 105 cm³/mol. The second kappa shape index (κ2) is 8.33. The van der Waals surface area contributed by atoms with Crippen LogP contribution in [-0.2, 0) is 17.9 Å². The minimum absolute atomic E-state index is 0. The Bertz CT molecular complexity index is 526. The molecule has 1 N–H and O–H groups in total. The lowest BCUT2D eigenvalue weighted by molar-refractivity contribution is 0.151. The van der Waals surface area contributed by atoms with Crippen molar-refractivity contribution in [1.29, 1.82) is 0 Å². The van der Waals surface area contributed by atoms with Gasteiger partial charge in [-0.3, -0.25) is 4.99 Å². The summed E-state index contributed by atoms with van der Waals surface area (Å²) in [6.07, 6.45) is 5.55. The third kappa shape index (κ3) is 4.38. The summed E-state index contributed by atoms with van der Waals surface area (Å²) in [6.45, 7) is 3.82. The Hall–Kier alpha value is -0.820. The maximum absolute atomic E-state index is 5.15. The van der Waals surface area contributed by atoms with E-state index in [-0.39, 0.29) is 24.0 Å². The molecule has 0 aromatic heterocycles. The highest BCUT2D eigenvalue weighted by Gasteiger charge is 2.43. The Balaban J connectivity index is 0.00000192. The van der Waals surface area contributed by atoms with Crippen LogP contribution in [0.5, 0.6) is 0 Å². The molecule has 0 radical (unpaired) electrons. The standard InChI is InChI=1S/C18H27N3O.HI/c1-19-17(21-11-10-18(14-21)8-3-9-18)20-12-15-4-6-16(7-5-15)13-22-2;/h4-7H,3,8-14H2,1-2H3,(H,19,20);1H. The van der Waals surface area contributed by atoms with Gasteiger partial charge >= 0.3 is 0 Å². The van der Waals surface area contributed by atoms with E-state index in [0.717, 1.165) is 19.0 Å². The van der Waals surface area contributed by atoms with E-state index in [1.807, 2.05) is 7.05 Å². The summed E-state index contributed by atoms with van der Waals surface area (Å²) in [7, 11) is 3.61. The molecule has 1 aliphatic carbocycles. The van der Waals surface area contributed by atoms with Gasteiger partial charge in [0, 0.05) is 33.8 Å². The zero-order valence-electron chi connectivity index (χ0n) is 14.2. The molecule has 0 atom stereocenters. The van der Waals surface area contributed by atoms with Crippen molar-refractivity contribution in [3.05, 3.63) is 35.4 Å². The molecule has 2 aliphatic rings. The summed E-state index contributed by atoms with van der Waals surface area (Å²) in [6, 6.07) is 8.57. The molecule has 23 heavy (non-hydrogen) atoms. The fraction of sp³-hybridized carbons (Fsp3) is 0.611. The van der Waals surface area contributed by atoms with Gasteiger partial charge in [-0.05, 0) is 35.8 Å². The molecule has 1 aromatic carbocycles. The summed E-state index contributed by atoms with van der Waals surface area (Å²) >= 11 is 0. The lowest BCUT2D eigenvalue weighted by Crippen LogP contribution is -2.42. The number of nitrogens with zero attached hydrogens (tertiary/aromatic N) is 2. The molecule has 1 spiro atoms. The van der Waals surface area contributed by atoms with Gasteiger partial charge in [-0.2, -0.15) is 0 Å². The molecule has 1 aliphatic heterocycles. The monoisotopic (exact) mass is 429 g/mol. The minimum atomic E-state index is 0. The summed E-state index contributed by atoms with van der Waals surface area (Å²) in [5.74, 6) is 1.05. The first-order chi connectivity index (χ1) is 10.7. The van der Waals surface area contributed by atoms with Gasteiger partial charge < -0.3 is 15.0 Å². The summed E-state index contributed by atoms with van der Waals surface area (Å²) < 4.78 is 5.15. The maximum atomic E-state index is 5.15. The predicted octanol–water partition coefficient (Wildman–Crippen LogP) is 3.40. The molecule has 1 saturated carbocycles. The van der Waals surface area contributed by atoms with Crippen LogP contribution in [0.2, 0.25) is 0 Å². The van der Waals surface area contributed by atoms with Gasteiger partial charge in [0.25, 0.3) is 0 Å². The number of hydrogen-bond donors (Lipinski definition) is 1. The zero-order valence-corrected chi connectivity index (χ0v) is 16.5. The molecule has 0 amide bonds. The topological polar surface area (TPSA) is 36.9 Å². The number of likely N-dealkylation sites (tertiary alicyclic amines) is 1. The number of nitrogens with one attached hydrogen (secondary N) is 1. The van der Waals surface area contributed by atoms with Crippen molar-refractivity contribution in [3.8, 4) is 0 Å². The number of rotatable bonds is 4. The smallest absolute Gasteiger partial charge is 0.193 e. The van der Waals surface area contributed by atoms with Gasteiger partial charge in [-0.1, -0.05) is 30.7 Å². The van der Waals surface area contributed by atoms with Crippen LogP contribution in [0.15, 0.2) is 29.3 Å². The van der Waals surface area contributed by atoms with E-state index in [0.29, 0.717) is 12.0 Å². The Labute approximate surface area is 156 Å². The number of methoxy groups -OCH3 is 1. The molecule has 0 bridgehead atoms. The molecule has 128 valence electrons. The van der Waals surface area contributed by atoms with Crippen LogP contribution >= 0.6 is 24.0 Å². The molecular weight excluding hydrogens is 401 g/mol. The van der Waals surface area contributed by atoms with Crippen LogP contribution in [0.4, 0.5) is 0 Å². The number of aliphatic imine (C=N–C) groups is 1. The molecule has 3 rings (SSSR count). The molecule has 0 unspecified atom stereocenters. The van der Waals surface area contributed by atoms with Crippen molar-refractivity contribution < 1.29 is 4.74 Å². The van der Waals surface area contributed by atoms with Crippen molar-refractivity contribution in [2.45, 2.75) is 38.8 Å². The van der Waals surface area contributed by atoms with Crippen molar-refractivity contribution >= 4 is 29.9 Å². The van der Waals surface area contributed by atoms with Gasteiger partial charge in [-0.25, -0.2) is 0 Å². The molecular formula is C18H28IN3O. The highest BCUT2D eigenvalue weighted by molar-refractivity contribution is 14.0. The van der Waals surface area contributed by atoms with E-state index >= 15 is 0 Å². The number of halogens is 1. The van der Waals surface area contributed by atoms with E-state index in [9.17, 15) is 0 Å². The van der Waals surface area contributed by atoms with Crippen molar-refractivity contribution in [3.63, 3.8) is 0 Å². The van der Waals surface area contributed by atoms with E-state index in [1.54, 1.807) is 7.11 Å². The normalized spacial score (nSPS) is 19.4. The molecule has 1 heterocycles. The quantitative estimate of drug-likeness (QED) is 0.453. The average molecular weight is 429 g/mol. The third-order valence-electron chi connectivity index (χ3n) is 5.15. The summed E-state index contributed by atoms with van der Waals surface area (Å²) in [5.41, 5.74) is 3.10. The van der Waals surface area contributed by atoms with Gasteiger partial charge in [0.1, 0.15) is 0 Å². The fourth-order valence-corrected chi connectivity index (χ4v) is 3.63. The Morgan fingerprint density at radius 2 is 1.91 bits per heavy atom. The van der Waals surface area contributed by atoms with Gasteiger partial charge in [0.15, 0.2) is 5.96 Å². The van der Waals surface area contributed by atoms with Crippen molar-refractivity contribution in [2.24, 2.45) is 10.4 Å². The van der Waals surface area contributed by atoms with E-state index in [4.69, 9.17) is 4.74 Å². The van der Waals surface area contributed by atoms with Crippen LogP contribution < -0.4 is 5.32 Å². The lowest BCUT2D eigenvalue weighted by Gasteiger charge is -2.38. The van der Waals surface area contributed by atoms with Crippen LogP contribution in [-0.4, -0.2) is 38.1 Å². The number of hydrogen-bond acceptors (Lipinski definition) is 2. The SMILES string of the molecule is CN=C(NCc1ccc(COC)cc1)N1CCC2(CCC2)C1.I. The molecule has 1 aromatic rings. The maximum Gasteiger partial charge on any atom is 0.193 e. The fourth-order valence-electron chi connectivity index (χ4n) is 3.63. The largest absolute Gasteiger partial charge is 0.380 e. The second-order valence-corrected chi connectivity index (χ2v) is 6.68. The van der Waals surface area contributed by atoms with Crippen LogP contribution in [0.25, 0.3) is 0 Å². The lowest BCUT2D eigenvalue weighted by atomic mass is 9.68. The van der Waals surface area contributed by atoms with Gasteiger partial charge in [0.05, 0.1) is 6.61 Å². The first kappa shape index (κ1) is 18.5. The first-order valence-corrected chi connectivity index (χ1v) is 8.27. The molecule has 1 saturated heterocycles. The van der Waals surface area contributed by atoms with Gasteiger partial charge in [0.2, 0.25) is 0 Å². The van der Waals surface area contributed by atoms with Crippen LogP contribution in [0.3, 0.4) is 0 Å². The second-order valence-electron chi connectivity index (χ2n) is 6.68. The number of guanidine groups is 1. The Morgan fingerprint density at radius 3 is 2.43 bits per heavy atom. The highest BCUT2D eigenvalue weighted by atomic mass is 127.